The highest BCUT2D eigenvalue weighted by atomic mass is 19.2. The molecule has 0 spiro atoms. The topological polar surface area (TPSA) is 123 Å². The first kappa shape index (κ1) is 27.6. The van der Waals surface area contributed by atoms with Crippen LogP contribution in [0.25, 0.3) is 22.3 Å². The van der Waals surface area contributed by atoms with Gasteiger partial charge in [0.1, 0.15) is 41.0 Å². The van der Waals surface area contributed by atoms with Gasteiger partial charge in [-0.1, -0.05) is 26.0 Å². The molecule has 210 valence electrons. The number of nitrogens with two attached hydrogens (primary N) is 1. The van der Waals surface area contributed by atoms with Crippen molar-refractivity contribution in [3.63, 3.8) is 0 Å². The molecule has 0 unspecified atom stereocenters. The van der Waals surface area contributed by atoms with E-state index >= 15 is 4.39 Å². The van der Waals surface area contributed by atoms with Crippen molar-refractivity contribution in [2.75, 3.05) is 12.3 Å². The van der Waals surface area contributed by atoms with Crippen molar-refractivity contribution in [3.8, 4) is 28.8 Å². The minimum absolute atomic E-state index is 0.0338. The van der Waals surface area contributed by atoms with E-state index in [-0.39, 0.29) is 58.6 Å². The first-order valence-electron chi connectivity index (χ1n) is 13.0. The minimum Gasteiger partial charge on any atom is -0.454 e. The molecule has 2 N–H and O–H groups in total. The van der Waals surface area contributed by atoms with Gasteiger partial charge in [-0.25, -0.2) is 23.4 Å². The number of halogens is 3. The zero-order valence-electron chi connectivity index (χ0n) is 22.3. The number of rotatable bonds is 7. The summed E-state index contributed by atoms with van der Waals surface area (Å²) in [5.74, 6) is -3.68. The lowest BCUT2D eigenvalue weighted by Gasteiger charge is -2.24. The Bertz CT molecular complexity index is 1710. The normalized spacial score (nSPS) is 15.5. The van der Waals surface area contributed by atoms with Crippen LogP contribution >= 0.6 is 0 Å². The van der Waals surface area contributed by atoms with Crippen LogP contribution in [0.4, 0.5) is 19.0 Å². The quantitative estimate of drug-likeness (QED) is 0.237. The number of nitrogens with zero attached hydrogens (tertiary/aromatic N) is 6. The number of benzene rings is 2. The van der Waals surface area contributed by atoms with Gasteiger partial charge in [0, 0.05) is 18.2 Å². The van der Waals surface area contributed by atoms with Crippen molar-refractivity contribution in [1.82, 2.24) is 24.6 Å². The standard InChI is InChI=1S/C29H26F3N7O2/c1-16(2)11-17(13-33)29(40)38-10-4-5-18(38)14-39-28-24(27(34)35-15-36-28)26(37-39)20-9-8-19(12-22(20)31)41-23-7-3-6-21(30)25(23)32/h3,6-9,11-12,15-16,18H,4-5,10,14H2,1-2H3,(H2,34,35,36)/b17-11+/t18-/m0/s1. The molecular weight excluding hydrogens is 535 g/mol. The number of hydrogen-bond acceptors (Lipinski definition) is 7. The third-order valence-electron chi connectivity index (χ3n) is 6.77. The van der Waals surface area contributed by atoms with E-state index in [4.69, 9.17) is 10.5 Å². The number of aromatic nitrogens is 4. The highest BCUT2D eigenvalue weighted by Crippen LogP contribution is 2.35. The first-order valence-corrected chi connectivity index (χ1v) is 13.0. The Hall–Kier alpha value is -4.92. The van der Waals surface area contributed by atoms with Crippen LogP contribution in [0.3, 0.4) is 0 Å². The molecule has 12 heteroatoms. The van der Waals surface area contributed by atoms with E-state index < -0.39 is 17.5 Å². The van der Waals surface area contributed by atoms with Gasteiger partial charge in [-0.3, -0.25) is 4.79 Å². The molecule has 1 atom stereocenters. The number of hydrogen-bond donors (Lipinski definition) is 1. The molecule has 0 saturated carbocycles. The molecule has 0 bridgehead atoms. The van der Waals surface area contributed by atoms with Crippen LogP contribution in [0, 0.1) is 34.7 Å². The predicted molar refractivity (Wildman–Crippen MR) is 145 cm³/mol. The zero-order chi connectivity index (χ0) is 29.3. The van der Waals surface area contributed by atoms with E-state index in [0.29, 0.717) is 24.0 Å². The molecule has 2 aromatic carbocycles. The summed E-state index contributed by atoms with van der Waals surface area (Å²) in [6.07, 6.45) is 4.35. The number of carbonyl (C=O) groups excluding carboxylic acids is 1. The fraction of sp³-hybridized carbons (Fsp3) is 0.276. The third kappa shape index (κ3) is 5.43. The van der Waals surface area contributed by atoms with Crippen LogP contribution < -0.4 is 10.5 Å². The summed E-state index contributed by atoms with van der Waals surface area (Å²) in [5.41, 5.74) is 6.85. The molecule has 3 heterocycles. The molecule has 1 saturated heterocycles. The molecule has 0 aliphatic carbocycles. The van der Waals surface area contributed by atoms with Gasteiger partial charge in [0.2, 0.25) is 5.82 Å². The van der Waals surface area contributed by atoms with Crippen LogP contribution in [0.5, 0.6) is 11.5 Å². The van der Waals surface area contributed by atoms with Gasteiger partial charge in [0.05, 0.1) is 18.0 Å². The number of fused-ring (bicyclic) bond motifs is 1. The number of likely N-dealkylation sites (tertiary alicyclic amines) is 1. The maximum atomic E-state index is 15.4. The van der Waals surface area contributed by atoms with Crippen LogP contribution in [0.2, 0.25) is 0 Å². The molecule has 1 aliphatic rings. The number of amides is 1. The molecule has 1 aliphatic heterocycles. The third-order valence-corrected chi connectivity index (χ3v) is 6.77. The van der Waals surface area contributed by atoms with Gasteiger partial charge in [0.15, 0.2) is 17.2 Å². The highest BCUT2D eigenvalue weighted by Gasteiger charge is 2.32. The second kappa shape index (κ2) is 11.3. The van der Waals surface area contributed by atoms with E-state index in [2.05, 4.69) is 15.1 Å². The van der Waals surface area contributed by atoms with Crippen LogP contribution in [0.15, 0.2) is 54.4 Å². The Labute approximate surface area is 233 Å². The van der Waals surface area contributed by atoms with Crippen LogP contribution in [0.1, 0.15) is 26.7 Å². The van der Waals surface area contributed by atoms with Crippen molar-refractivity contribution in [1.29, 1.82) is 5.26 Å². The van der Waals surface area contributed by atoms with E-state index in [0.717, 1.165) is 18.6 Å². The Kier molecular flexibility index (Phi) is 7.61. The molecule has 1 amide bonds. The maximum absolute atomic E-state index is 15.4. The van der Waals surface area contributed by atoms with E-state index in [9.17, 15) is 18.8 Å². The number of nitriles is 1. The SMILES string of the molecule is CC(C)/C=C(\C#N)C(=O)N1CCC[C@H]1Cn1nc(-c2ccc(Oc3cccc(F)c3F)cc2F)c2c(N)ncnc21. The Morgan fingerprint density at radius 3 is 2.76 bits per heavy atom. The van der Waals surface area contributed by atoms with Gasteiger partial charge in [-0.05, 0) is 43.0 Å². The van der Waals surface area contributed by atoms with Gasteiger partial charge >= 0.3 is 0 Å². The summed E-state index contributed by atoms with van der Waals surface area (Å²) < 4.78 is 49.9. The lowest BCUT2D eigenvalue weighted by atomic mass is 10.1. The molecule has 9 nitrogen and oxygen atoms in total. The van der Waals surface area contributed by atoms with E-state index in [1.165, 1.54) is 30.6 Å². The largest absolute Gasteiger partial charge is 0.454 e. The predicted octanol–water partition coefficient (Wildman–Crippen LogP) is 5.38. The summed E-state index contributed by atoms with van der Waals surface area (Å²) in [7, 11) is 0. The first-order chi connectivity index (χ1) is 19.7. The molecular formula is C29H26F3N7O2. The van der Waals surface area contributed by atoms with Crippen molar-refractivity contribution in [3.05, 3.63) is 71.8 Å². The fourth-order valence-corrected chi connectivity index (χ4v) is 4.92. The Balaban J connectivity index is 1.48. The molecule has 41 heavy (non-hydrogen) atoms. The minimum atomic E-state index is -1.19. The van der Waals surface area contributed by atoms with Crippen molar-refractivity contribution < 1.29 is 22.7 Å². The molecule has 5 rings (SSSR count). The average Bonchev–Trinajstić information content (AvgIpc) is 3.55. The smallest absolute Gasteiger partial charge is 0.264 e. The lowest BCUT2D eigenvalue weighted by molar-refractivity contribution is -0.127. The monoisotopic (exact) mass is 561 g/mol. The maximum Gasteiger partial charge on any atom is 0.264 e. The van der Waals surface area contributed by atoms with Crippen molar-refractivity contribution in [2.24, 2.45) is 5.92 Å². The van der Waals surface area contributed by atoms with Gasteiger partial charge in [-0.2, -0.15) is 14.8 Å². The fourth-order valence-electron chi connectivity index (χ4n) is 4.92. The summed E-state index contributed by atoms with van der Waals surface area (Å²) in [5, 5.41) is 14.5. The molecule has 4 aromatic rings. The second-order valence-corrected chi connectivity index (χ2v) is 10.0. The molecule has 1 fully saturated rings. The Morgan fingerprint density at radius 1 is 1.22 bits per heavy atom. The van der Waals surface area contributed by atoms with Crippen molar-refractivity contribution >= 4 is 22.8 Å². The number of ether oxygens (including phenoxy) is 1. The summed E-state index contributed by atoms with van der Waals surface area (Å²) in [4.78, 5) is 23.2. The van der Waals surface area contributed by atoms with Gasteiger partial charge in [0.25, 0.3) is 5.91 Å². The zero-order valence-corrected chi connectivity index (χ0v) is 22.3. The Morgan fingerprint density at radius 2 is 2.02 bits per heavy atom. The summed E-state index contributed by atoms with van der Waals surface area (Å²) in [6.45, 7) is 4.52. The lowest BCUT2D eigenvalue weighted by Crippen LogP contribution is -2.39. The van der Waals surface area contributed by atoms with Gasteiger partial charge in [-0.15, -0.1) is 0 Å². The summed E-state index contributed by atoms with van der Waals surface area (Å²) >= 11 is 0. The molecule has 2 aromatic heterocycles. The van der Waals surface area contributed by atoms with Crippen LogP contribution in [-0.2, 0) is 11.3 Å². The van der Waals surface area contributed by atoms with Gasteiger partial charge < -0.3 is 15.4 Å². The summed E-state index contributed by atoms with van der Waals surface area (Å²) in [6, 6.07) is 9.01. The number of allylic oxidation sites excluding steroid dienone is 1. The van der Waals surface area contributed by atoms with Crippen LogP contribution in [-0.4, -0.2) is 43.1 Å². The number of carbonyl (C=O) groups is 1. The second-order valence-electron chi connectivity index (χ2n) is 10.0. The average molecular weight is 562 g/mol. The highest BCUT2D eigenvalue weighted by molar-refractivity contribution is 5.99. The van der Waals surface area contributed by atoms with E-state index in [1.807, 2.05) is 19.9 Å². The molecule has 0 radical (unpaired) electrons. The number of nitrogen functional groups attached to an aromatic ring is 1. The number of anilines is 1. The van der Waals surface area contributed by atoms with E-state index in [1.54, 1.807) is 15.7 Å². The van der Waals surface area contributed by atoms with Crippen molar-refractivity contribution in [2.45, 2.75) is 39.3 Å².